The summed E-state index contributed by atoms with van der Waals surface area (Å²) in [6.07, 6.45) is 1.52. The molecule has 0 aliphatic carbocycles. The highest BCUT2D eigenvalue weighted by Gasteiger charge is 2.13. The Hall–Kier alpha value is -1.84. The Bertz CT molecular complexity index is 587. The fourth-order valence-corrected chi connectivity index (χ4v) is 2.35. The number of aryl methyl sites for hydroxylation is 1. The Balaban J connectivity index is 0.00000242. The van der Waals surface area contributed by atoms with Crippen LogP contribution in [0.1, 0.15) is 23.6 Å². The largest absolute Gasteiger partial charge is 0.351 e. The molecule has 0 fully saturated rings. The van der Waals surface area contributed by atoms with Crippen molar-refractivity contribution in [1.29, 1.82) is 0 Å². The summed E-state index contributed by atoms with van der Waals surface area (Å²) in [6.45, 7) is 2.65. The summed E-state index contributed by atoms with van der Waals surface area (Å²) in [5.41, 5.74) is 9.46. The van der Waals surface area contributed by atoms with Crippen molar-refractivity contribution in [2.24, 2.45) is 5.73 Å². The van der Waals surface area contributed by atoms with E-state index in [0.29, 0.717) is 13.0 Å². The Morgan fingerprint density at radius 2 is 1.64 bits per heavy atom. The average Bonchev–Trinajstić information content (AvgIpc) is 2.53. The van der Waals surface area contributed by atoms with E-state index >= 15 is 0 Å². The number of nitrogens with two attached hydrogens (primary N) is 1. The van der Waals surface area contributed by atoms with Gasteiger partial charge in [-0.2, -0.15) is 0 Å². The zero-order valence-electron chi connectivity index (χ0n) is 12.8. The smallest absolute Gasteiger partial charge is 0.237 e. The standard InChI is InChI=1S/C18H22N2O.ClH/c1-2-15-10-6-7-11-16(15)13-20-18(21)17(19)12-14-8-4-3-5-9-14;/h3-11,17H,2,12-13,19H2,1H3,(H,20,21);1H/t17-;/m0./s1. The van der Waals surface area contributed by atoms with E-state index in [2.05, 4.69) is 18.3 Å². The summed E-state index contributed by atoms with van der Waals surface area (Å²) in [6, 6.07) is 17.5. The first-order valence-electron chi connectivity index (χ1n) is 7.34. The second-order valence-electron chi connectivity index (χ2n) is 5.14. The molecule has 2 rings (SSSR count). The first kappa shape index (κ1) is 18.2. The quantitative estimate of drug-likeness (QED) is 0.860. The molecule has 0 aliphatic heterocycles. The molecule has 0 unspecified atom stereocenters. The molecule has 0 saturated heterocycles. The van der Waals surface area contributed by atoms with E-state index in [4.69, 9.17) is 5.73 Å². The maximum Gasteiger partial charge on any atom is 0.237 e. The van der Waals surface area contributed by atoms with Crippen LogP contribution in [0, 0.1) is 0 Å². The molecular weight excluding hydrogens is 296 g/mol. The van der Waals surface area contributed by atoms with Gasteiger partial charge in [0.05, 0.1) is 6.04 Å². The topological polar surface area (TPSA) is 55.1 Å². The van der Waals surface area contributed by atoms with Gasteiger partial charge in [-0.1, -0.05) is 61.5 Å². The van der Waals surface area contributed by atoms with Crippen molar-refractivity contribution in [3.05, 3.63) is 71.3 Å². The third kappa shape index (κ3) is 5.17. The lowest BCUT2D eigenvalue weighted by Gasteiger charge is -2.14. The molecule has 2 aromatic carbocycles. The van der Waals surface area contributed by atoms with Crippen molar-refractivity contribution in [3.8, 4) is 0 Å². The normalized spacial score (nSPS) is 11.4. The fraction of sp³-hybridized carbons (Fsp3) is 0.278. The SMILES string of the molecule is CCc1ccccc1CNC(=O)[C@@H](N)Cc1ccccc1.Cl. The molecule has 3 N–H and O–H groups in total. The number of carbonyl (C=O) groups excluding carboxylic acids is 1. The van der Waals surface area contributed by atoms with Gasteiger partial charge in [-0.05, 0) is 29.5 Å². The molecule has 0 aromatic heterocycles. The highest BCUT2D eigenvalue weighted by molar-refractivity contribution is 5.85. The van der Waals surface area contributed by atoms with Gasteiger partial charge < -0.3 is 11.1 Å². The monoisotopic (exact) mass is 318 g/mol. The summed E-state index contributed by atoms with van der Waals surface area (Å²) in [5.74, 6) is -0.107. The van der Waals surface area contributed by atoms with Crippen molar-refractivity contribution in [3.63, 3.8) is 0 Å². The Morgan fingerprint density at radius 1 is 1.05 bits per heavy atom. The predicted molar refractivity (Wildman–Crippen MR) is 93.0 cm³/mol. The summed E-state index contributed by atoms with van der Waals surface area (Å²) in [4.78, 5) is 12.1. The van der Waals surface area contributed by atoms with E-state index in [0.717, 1.165) is 17.5 Å². The molecule has 0 saturated carbocycles. The number of nitrogens with one attached hydrogen (secondary N) is 1. The van der Waals surface area contributed by atoms with Crippen LogP contribution in [0.15, 0.2) is 54.6 Å². The lowest BCUT2D eigenvalue weighted by atomic mass is 10.0. The third-order valence-electron chi connectivity index (χ3n) is 3.59. The Labute approximate surface area is 138 Å². The molecule has 2 aromatic rings. The van der Waals surface area contributed by atoms with Crippen LogP contribution in [0.2, 0.25) is 0 Å². The van der Waals surface area contributed by atoms with Crippen LogP contribution in [0.3, 0.4) is 0 Å². The van der Waals surface area contributed by atoms with E-state index < -0.39 is 6.04 Å². The number of amides is 1. The second kappa shape index (κ2) is 9.23. The molecule has 0 heterocycles. The van der Waals surface area contributed by atoms with Crippen LogP contribution >= 0.6 is 12.4 Å². The van der Waals surface area contributed by atoms with Crippen LogP contribution in [0.4, 0.5) is 0 Å². The molecule has 0 aliphatic rings. The Kier molecular flexibility index (Phi) is 7.64. The van der Waals surface area contributed by atoms with Crippen LogP contribution in [-0.4, -0.2) is 11.9 Å². The summed E-state index contributed by atoms with van der Waals surface area (Å²) in [7, 11) is 0. The van der Waals surface area contributed by atoms with Gasteiger partial charge in [-0.15, -0.1) is 12.4 Å². The Morgan fingerprint density at radius 3 is 2.27 bits per heavy atom. The number of rotatable bonds is 6. The molecule has 118 valence electrons. The van der Waals surface area contributed by atoms with Gasteiger partial charge in [0.15, 0.2) is 0 Å². The molecule has 1 amide bonds. The third-order valence-corrected chi connectivity index (χ3v) is 3.59. The van der Waals surface area contributed by atoms with Gasteiger partial charge in [-0.25, -0.2) is 0 Å². The van der Waals surface area contributed by atoms with Crippen LogP contribution < -0.4 is 11.1 Å². The number of hydrogen-bond acceptors (Lipinski definition) is 2. The molecule has 4 heteroatoms. The van der Waals surface area contributed by atoms with Gasteiger partial charge in [0.1, 0.15) is 0 Å². The highest BCUT2D eigenvalue weighted by Crippen LogP contribution is 2.09. The van der Waals surface area contributed by atoms with Crippen molar-refractivity contribution in [1.82, 2.24) is 5.32 Å². The van der Waals surface area contributed by atoms with Crippen LogP contribution in [0.25, 0.3) is 0 Å². The lowest BCUT2D eigenvalue weighted by Crippen LogP contribution is -2.41. The van der Waals surface area contributed by atoms with Gasteiger partial charge in [0.25, 0.3) is 0 Å². The van der Waals surface area contributed by atoms with E-state index in [9.17, 15) is 4.79 Å². The first-order chi connectivity index (χ1) is 10.2. The molecule has 0 bridgehead atoms. The highest BCUT2D eigenvalue weighted by atomic mass is 35.5. The number of hydrogen-bond donors (Lipinski definition) is 2. The summed E-state index contributed by atoms with van der Waals surface area (Å²) in [5, 5.41) is 2.93. The van der Waals surface area contributed by atoms with Gasteiger partial charge >= 0.3 is 0 Å². The molecule has 1 atom stereocenters. The minimum Gasteiger partial charge on any atom is -0.351 e. The minimum absolute atomic E-state index is 0. The number of halogens is 1. The van der Waals surface area contributed by atoms with Crippen molar-refractivity contribution in [2.45, 2.75) is 32.4 Å². The van der Waals surface area contributed by atoms with Gasteiger partial charge in [-0.3, -0.25) is 4.79 Å². The zero-order chi connectivity index (χ0) is 15.1. The molecular formula is C18H23ClN2O. The summed E-state index contributed by atoms with van der Waals surface area (Å²) >= 11 is 0. The average molecular weight is 319 g/mol. The van der Waals surface area contributed by atoms with Crippen LogP contribution in [0.5, 0.6) is 0 Å². The predicted octanol–water partition coefficient (Wildman–Crippen LogP) is 2.86. The van der Waals surface area contributed by atoms with E-state index in [1.807, 2.05) is 48.5 Å². The minimum atomic E-state index is -0.513. The van der Waals surface area contributed by atoms with E-state index in [-0.39, 0.29) is 18.3 Å². The lowest BCUT2D eigenvalue weighted by molar-refractivity contribution is -0.122. The van der Waals surface area contributed by atoms with Gasteiger partial charge in [0, 0.05) is 6.54 Å². The molecule has 0 radical (unpaired) electrons. The maximum atomic E-state index is 12.1. The van der Waals surface area contributed by atoms with Crippen molar-refractivity contribution < 1.29 is 4.79 Å². The van der Waals surface area contributed by atoms with Crippen molar-refractivity contribution >= 4 is 18.3 Å². The number of carbonyl (C=O) groups is 1. The van der Waals surface area contributed by atoms with Crippen molar-refractivity contribution in [2.75, 3.05) is 0 Å². The zero-order valence-corrected chi connectivity index (χ0v) is 13.6. The second-order valence-corrected chi connectivity index (χ2v) is 5.14. The van der Waals surface area contributed by atoms with Crippen LogP contribution in [-0.2, 0) is 24.2 Å². The number of benzene rings is 2. The maximum absolute atomic E-state index is 12.1. The summed E-state index contributed by atoms with van der Waals surface area (Å²) < 4.78 is 0. The molecule has 22 heavy (non-hydrogen) atoms. The van der Waals surface area contributed by atoms with Gasteiger partial charge in [0.2, 0.25) is 5.91 Å². The first-order valence-corrected chi connectivity index (χ1v) is 7.34. The fourth-order valence-electron chi connectivity index (χ4n) is 2.35. The van der Waals surface area contributed by atoms with E-state index in [1.54, 1.807) is 0 Å². The molecule has 3 nitrogen and oxygen atoms in total. The molecule has 0 spiro atoms. The van der Waals surface area contributed by atoms with E-state index in [1.165, 1.54) is 5.56 Å².